The average Bonchev–Trinajstić information content (AvgIpc) is 3.32. The second kappa shape index (κ2) is 7.16. The van der Waals surface area contributed by atoms with E-state index < -0.39 is 0 Å². The number of hydrogen-bond donors (Lipinski definition) is 1. The molecule has 150 valence electrons. The molecular formula is C20H20N4O4S. The van der Waals surface area contributed by atoms with E-state index in [2.05, 4.69) is 20.2 Å². The summed E-state index contributed by atoms with van der Waals surface area (Å²) in [5, 5.41) is 3.90. The number of carbonyl (C=O) groups is 1. The van der Waals surface area contributed by atoms with Crippen molar-refractivity contribution in [2.45, 2.75) is 13.8 Å². The molecule has 1 amide bonds. The van der Waals surface area contributed by atoms with Crippen molar-refractivity contribution in [3.63, 3.8) is 0 Å². The van der Waals surface area contributed by atoms with Gasteiger partial charge in [0.15, 0.2) is 11.5 Å². The van der Waals surface area contributed by atoms with Crippen LogP contribution in [0.25, 0.3) is 10.2 Å². The molecule has 0 radical (unpaired) electrons. The fourth-order valence-corrected chi connectivity index (χ4v) is 4.72. The van der Waals surface area contributed by atoms with Crippen molar-refractivity contribution in [2.24, 2.45) is 0 Å². The molecule has 0 bridgehead atoms. The highest BCUT2D eigenvalue weighted by molar-refractivity contribution is 7.20. The van der Waals surface area contributed by atoms with Gasteiger partial charge >= 0.3 is 0 Å². The van der Waals surface area contributed by atoms with Gasteiger partial charge in [-0.15, -0.1) is 11.3 Å². The molecule has 9 heteroatoms. The van der Waals surface area contributed by atoms with Gasteiger partial charge in [0, 0.05) is 24.8 Å². The second-order valence-corrected chi connectivity index (χ2v) is 7.95. The molecule has 0 spiro atoms. The molecule has 3 aromatic rings. The number of hydrogen-bond acceptors (Lipinski definition) is 8. The zero-order chi connectivity index (χ0) is 20.0. The van der Waals surface area contributed by atoms with E-state index in [0.29, 0.717) is 41.1 Å². The number of rotatable bonds is 3. The SMILES string of the molecule is Cc1nc(N2CCOCC2)c2c(C)c(C(=O)Nc3ccc4c(c3)OCO4)sc2n1. The van der Waals surface area contributed by atoms with Crippen molar-refractivity contribution < 1.29 is 19.0 Å². The molecule has 29 heavy (non-hydrogen) atoms. The summed E-state index contributed by atoms with van der Waals surface area (Å²) in [5.41, 5.74) is 1.55. The average molecular weight is 412 g/mol. The van der Waals surface area contributed by atoms with Crippen LogP contribution in [0.5, 0.6) is 11.5 Å². The minimum Gasteiger partial charge on any atom is -0.454 e. The monoisotopic (exact) mass is 412 g/mol. The highest BCUT2D eigenvalue weighted by Gasteiger charge is 2.24. The van der Waals surface area contributed by atoms with Gasteiger partial charge < -0.3 is 24.4 Å². The van der Waals surface area contributed by atoms with Crippen molar-refractivity contribution in [2.75, 3.05) is 43.3 Å². The molecule has 0 atom stereocenters. The summed E-state index contributed by atoms with van der Waals surface area (Å²) in [6.45, 7) is 6.93. The lowest BCUT2D eigenvalue weighted by atomic mass is 10.1. The highest BCUT2D eigenvalue weighted by atomic mass is 32.1. The molecular weight excluding hydrogens is 392 g/mol. The maximum absolute atomic E-state index is 13.0. The van der Waals surface area contributed by atoms with Crippen LogP contribution in [-0.2, 0) is 4.74 Å². The molecule has 1 saturated heterocycles. The molecule has 0 unspecified atom stereocenters. The number of nitrogens with zero attached hydrogens (tertiary/aromatic N) is 3. The molecule has 8 nitrogen and oxygen atoms in total. The van der Waals surface area contributed by atoms with E-state index >= 15 is 0 Å². The van der Waals surface area contributed by atoms with E-state index in [1.807, 2.05) is 13.8 Å². The molecule has 0 aliphatic carbocycles. The van der Waals surface area contributed by atoms with Crippen LogP contribution >= 0.6 is 11.3 Å². The summed E-state index contributed by atoms with van der Waals surface area (Å²) in [7, 11) is 0. The number of ether oxygens (including phenoxy) is 3. The number of morpholine rings is 1. The summed E-state index contributed by atoms with van der Waals surface area (Å²) in [5.74, 6) is 2.72. The van der Waals surface area contributed by atoms with Gasteiger partial charge in [-0.25, -0.2) is 9.97 Å². The Bertz CT molecular complexity index is 1110. The Kier molecular flexibility index (Phi) is 4.48. The number of fused-ring (bicyclic) bond motifs is 2. The van der Waals surface area contributed by atoms with Crippen molar-refractivity contribution >= 4 is 39.0 Å². The molecule has 2 aromatic heterocycles. The highest BCUT2D eigenvalue weighted by Crippen LogP contribution is 2.37. The Balaban J connectivity index is 1.50. The van der Waals surface area contributed by atoms with Crippen LogP contribution in [-0.4, -0.2) is 49.0 Å². The van der Waals surface area contributed by atoms with Gasteiger partial charge in [0.2, 0.25) is 6.79 Å². The number of aromatic nitrogens is 2. The van der Waals surface area contributed by atoms with Crippen LogP contribution in [0.2, 0.25) is 0 Å². The van der Waals surface area contributed by atoms with E-state index in [-0.39, 0.29) is 12.7 Å². The van der Waals surface area contributed by atoms with Crippen LogP contribution < -0.4 is 19.7 Å². The molecule has 5 rings (SSSR count). The van der Waals surface area contributed by atoms with Crippen molar-refractivity contribution in [1.29, 1.82) is 0 Å². The molecule has 2 aliphatic heterocycles. The third kappa shape index (κ3) is 3.26. The van der Waals surface area contributed by atoms with E-state index in [1.165, 1.54) is 11.3 Å². The standard InChI is InChI=1S/C20H20N4O4S/c1-11-16-18(24-5-7-26-8-6-24)21-12(2)22-20(16)29-17(11)19(25)23-13-3-4-14-15(9-13)28-10-27-14/h3-4,9H,5-8,10H2,1-2H3,(H,23,25). The van der Waals surface area contributed by atoms with E-state index in [0.717, 1.165) is 34.7 Å². The summed E-state index contributed by atoms with van der Waals surface area (Å²) in [6, 6.07) is 5.37. The maximum atomic E-state index is 13.0. The van der Waals surface area contributed by atoms with Gasteiger partial charge in [-0.05, 0) is 31.5 Å². The van der Waals surface area contributed by atoms with Crippen LogP contribution in [0, 0.1) is 13.8 Å². The summed E-state index contributed by atoms with van der Waals surface area (Å²) in [4.78, 5) is 26.0. The van der Waals surface area contributed by atoms with Crippen LogP contribution in [0.1, 0.15) is 21.1 Å². The normalized spacial score (nSPS) is 15.7. The van der Waals surface area contributed by atoms with Crippen molar-refractivity contribution in [3.05, 3.63) is 34.5 Å². The minimum absolute atomic E-state index is 0.171. The third-order valence-corrected chi connectivity index (χ3v) is 6.21. The van der Waals surface area contributed by atoms with Crippen LogP contribution in [0.3, 0.4) is 0 Å². The number of benzene rings is 1. The fourth-order valence-electron chi connectivity index (χ4n) is 3.60. The third-order valence-electron chi connectivity index (χ3n) is 5.03. The molecule has 2 aliphatic rings. The summed E-state index contributed by atoms with van der Waals surface area (Å²) >= 11 is 1.39. The number of nitrogens with one attached hydrogen (secondary N) is 1. The first-order valence-electron chi connectivity index (χ1n) is 9.41. The lowest BCUT2D eigenvalue weighted by Gasteiger charge is -2.28. The molecule has 1 fully saturated rings. The van der Waals surface area contributed by atoms with Gasteiger partial charge in [-0.3, -0.25) is 4.79 Å². The Morgan fingerprint density at radius 2 is 1.93 bits per heavy atom. The van der Waals surface area contributed by atoms with Gasteiger partial charge in [0.05, 0.1) is 23.5 Å². The molecule has 0 saturated carbocycles. The van der Waals surface area contributed by atoms with E-state index in [4.69, 9.17) is 14.2 Å². The largest absolute Gasteiger partial charge is 0.454 e. The smallest absolute Gasteiger partial charge is 0.266 e. The topological polar surface area (TPSA) is 85.8 Å². The minimum atomic E-state index is -0.171. The molecule has 1 aromatic carbocycles. The Hall–Kier alpha value is -2.91. The first-order valence-corrected chi connectivity index (χ1v) is 10.2. The predicted octanol–water partition coefficient (Wildman–Crippen LogP) is 3.13. The van der Waals surface area contributed by atoms with Crippen molar-refractivity contribution in [3.8, 4) is 11.5 Å². The summed E-state index contributed by atoms with van der Waals surface area (Å²) < 4.78 is 16.2. The lowest BCUT2D eigenvalue weighted by molar-refractivity contribution is 0.103. The number of carbonyl (C=O) groups excluding carboxylic acids is 1. The molecule has 4 heterocycles. The number of thiophene rings is 1. The van der Waals surface area contributed by atoms with Gasteiger partial charge in [0.25, 0.3) is 5.91 Å². The van der Waals surface area contributed by atoms with Gasteiger partial charge in [0.1, 0.15) is 16.5 Å². The van der Waals surface area contributed by atoms with Crippen molar-refractivity contribution in [1.82, 2.24) is 9.97 Å². The van der Waals surface area contributed by atoms with E-state index in [1.54, 1.807) is 18.2 Å². The summed E-state index contributed by atoms with van der Waals surface area (Å²) in [6.07, 6.45) is 0. The first kappa shape index (κ1) is 18.1. The maximum Gasteiger partial charge on any atom is 0.266 e. The fraction of sp³-hybridized carbons (Fsp3) is 0.350. The lowest BCUT2D eigenvalue weighted by Crippen LogP contribution is -2.37. The zero-order valence-electron chi connectivity index (χ0n) is 16.2. The first-order chi connectivity index (χ1) is 14.1. The van der Waals surface area contributed by atoms with Crippen LogP contribution in [0.4, 0.5) is 11.5 Å². The number of aryl methyl sites for hydroxylation is 2. The van der Waals surface area contributed by atoms with Gasteiger partial charge in [-0.1, -0.05) is 0 Å². The Morgan fingerprint density at radius 3 is 2.76 bits per heavy atom. The quantitative estimate of drug-likeness (QED) is 0.707. The number of anilines is 2. The molecule has 1 N–H and O–H groups in total. The van der Waals surface area contributed by atoms with Crippen LogP contribution in [0.15, 0.2) is 18.2 Å². The van der Waals surface area contributed by atoms with Gasteiger partial charge in [-0.2, -0.15) is 0 Å². The Morgan fingerprint density at radius 1 is 1.14 bits per heavy atom. The predicted molar refractivity (Wildman–Crippen MR) is 110 cm³/mol. The second-order valence-electron chi connectivity index (χ2n) is 6.95. The van der Waals surface area contributed by atoms with E-state index in [9.17, 15) is 4.79 Å². The zero-order valence-corrected chi connectivity index (χ0v) is 17.0. The Labute approximate surface area is 171 Å². The number of amides is 1.